The predicted molar refractivity (Wildman–Crippen MR) is 87.1 cm³/mol. The van der Waals surface area contributed by atoms with Crippen LogP contribution in [0, 0.1) is 17.0 Å². The van der Waals surface area contributed by atoms with Crippen LogP contribution >= 0.6 is 0 Å². The molecule has 7 nitrogen and oxygen atoms in total. The van der Waals surface area contributed by atoms with Gasteiger partial charge in [-0.05, 0) is 30.2 Å². The molecule has 122 valence electrons. The minimum absolute atomic E-state index is 0.147. The van der Waals surface area contributed by atoms with E-state index in [0.29, 0.717) is 17.0 Å². The summed E-state index contributed by atoms with van der Waals surface area (Å²) in [6, 6.07) is 10.7. The van der Waals surface area contributed by atoms with Crippen molar-refractivity contribution in [3.63, 3.8) is 0 Å². The Labute approximate surface area is 134 Å². The number of ether oxygens (including phenoxy) is 1. The number of hydrogen-bond donors (Lipinski definition) is 1. The molecular weight excluding hydrogens is 320 g/mol. The van der Waals surface area contributed by atoms with Gasteiger partial charge < -0.3 is 4.74 Å². The summed E-state index contributed by atoms with van der Waals surface area (Å²) < 4.78 is 32.2. The second-order valence-electron chi connectivity index (χ2n) is 4.99. The Morgan fingerprint density at radius 1 is 1.22 bits per heavy atom. The van der Waals surface area contributed by atoms with Crippen molar-refractivity contribution >= 4 is 21.4 Å². The lowest BCUT2D eigenvalue weighted by molar-refractivity contribution is -0.384. The van der Waals surface area contributed by atoms with E-state index in [9.17, 15) is 18.5 Å². The molecule has 2 aromatic carbocycles. The SMILES string of the molecule is COc1ccc(C)cc1NS(=O)(=O)Cc1cccc([N+](=O)[O-])c1. The van der Waals surface area contributed by atoms with E-state index < -0.39 is 14.9 Å². The van der Waals surface area contributed by atoms with Crippen molar-refractivity contribution in [2.24, 2.45) is 0 Å². The number of sulfonamides is 1. The summed E-state index contributed by atoms with van der Waals surface area (Å²) in [5, 5.41) is 10.8. The van der Waals surface area contributed by atoms with Crippen molar-refractivity contribution in [2.45, 2.75) is 12.7 Å². The Bertz CT molecular complexity index is 834. The summed E-state index contributed by atoms with van der Waals surface area (Å²) in [5.41, 5.74) is 1.39. The van der Waals surface area contributed by atoms with Gasteiger partial charge in [0.15, 0.2) is 0 Å². The Morgan fingerprint density at radius 2 is 1.96 bits per heavy atom. The predicted octanol–water partition coefficient (Wildman–Crippen LogP) is 2.85. The smallest absolute Gasteiger partial charge is 0.269 e. The molecule has 8 heteroatoms. The van der Waals surface area contributed by atoms with Crippen molar-refractivity contribution in [1.29, 1.82) is 0 Å². The van der Waals surface area contributed by atoms with Crippen molar-refractivity contribution < 1.29 is 18.1 Å². The molecule has 2 rings (SSSR count). The van der Waals surface area contributed by atoms with Crippen molar-refractivity contribution in [2.75, 3.05) is 11.8 Å². The lowest BCUT2D eigenvalue weighted by Gasteiger charge is -2.12. The maximum absolute atomic E-state index is 12.3. The number of nitro groups is 1. The number of aryl methyl sites for hydroxylation is 1. The third-order valence-electron chi connectivity index (χ3n) is 3.10. The quantitative estimate of drug-likeness (QED) is 0.646. The molecule has 0 saturated heterocycles. The van der Waals surface area contributed by atoms with Crippen LogP contribution in [0.25, 0.3) is 0 Å². The summed E-state index contributed by atoms with van der Waals surface area (Å²) in [7, 11) is -2.28. The number of anilines is 1. The molecule has 0 spiro atoms. The summed E-state index contributed by atoms with van der Waals surface area (Å²) in [6.45, 7) is 1.83. The van der Waals surface area contributed by atoms with E-state index in [0.717, 1.165) is 5.56 Å². The highest BCUT2D eigenvalue weighted by molar-refractivity contribution is 7.91. The third kappa shape index (κ3) is 4.43. The number of nitro benzene ring substituents is 1. The fourth-order valence-corrected chi connectivity index (χ4v) is 3.27. The molecule has 0 fully saturated rings. The van der Waals surface area contributed by atoms with Gasteiger partial charge in [0.2, 0.25) is 10.0 Å². The highest BCUT2D eigenvalue weighted by atomic mass is 32.2. The van der Waals surface area contributed by atoms with Crippen molar-refractivity contribution in [3.8, 4) is 5.75 Å². The van der Waals surface area contributed by atoms with Crippen LogP contribution in [0.4, 0.5) is 11.4 Å². The fourth-order valence-electron chi connectivity index (χ4n) is 2.08. The Morgan fingerprint density at radius 3 is 2.61 bits per heavy atom. The molecule has 0 bridgehead atoms. The van der Waals surface area contributed by atoms with Gasteiger partial charge in [0, 0.05) is 12.1 Å². The van der Waals surface area contributed by atoms with Crippen molar-refractivity contribution in [1.82, 2.24) is 0 Å². The first-order chi connectivity index (χ1) is 10.8. The number of nitrogens with zero attached hydrogens (tertiary/aromatic N) is 1. The zero-order chi connectivity index (χ0) is 17.0. The molecule has 23 heavy (non-hydrogen) atoms. The fraction of sp³-hybridized carbons (Fsp3) is 0.200. The van der Waals surface area contributed by atoms with E-state index in [4.69, 9.17) is 4.74 Å². The second-order valence-corrected chi connectivity index (χ2v) is 6.71. The summed E-state index contributed by atoms with van der Waals surface area (Å²) >= 11 is 0. The molecule has 0 aromatic heterocycles. The molecule has 2 aromatic rings. The minimum Gasteiger partial charge on any atom is -0.495 e. The summed E-state index contributed by atoms with van der Waals surface area (Å²) in [6.07, 6.45) is 0. The monoisotopic (exact) mass is 336 g/mol. The van der Waals surface area contributed by atoms with Gasteiger partial charge >= 0.3 is 0 Å². The Hall–Kier alpha value is -2.61. The van der Waals surface area contributed by atoms with E-state index in [1.54, 1.807) is 18.2 Å². The third-order valence-corrected chi connectivity index (χ3v) is 4.34. The van der Waals surface area contributed by atoms with E-state index in [-0.39, 0.29) is 11.4 Å². The van der Waals surface area contributed by atoms with Gasteiger partial charge in [-0.2, -0.15) is 0 Å². The van der Waals surface area contributed by atoms with Crippen LogP contribution in [-0.2, 0) is 15.8 Å². The molecule has 0 aliphatic rings. The normalized spacial score (nSPS) is 11.0. The van der Waals surface area contributed by atoms with Crippen LogP contribution in [0.1, 0.15) is 11.1 Å². The van der Waals surface area contributed by atoms with Gasteiger partial charge in [-0.1, -0.05) is 18.2 Å². The van der Waals surface area contributed by atoms with Gasteiger partial charge in [-0.25, -0.2) is 8.42 Å². The van der Waals surface area contributed by atoms with Gasteiger partial charge in [0.05, 0.1) is 23.5 Å². The number of methoxy groups -OCH3 is 1. The molecule has 0 unspecified atom stereocenters. The van der Waals surface area contributed by atoms with Crippen LogP contribution in [0.3, 0.4) is 0 Å². The Kier molecular flexibility index (Phi) is 4.85. The van der Waals surface area contributed by atoms with Gasteiger partial charge in [-0.3, -0.25) is 14.8 Å². The number of rotatable bonds is 6. The molecular formula is C15H16N2O5S. The average Bonchev–Trinajstić information content (AvgIpc) is 2.46. The number of nitrogens with one attached hydrogen (secondary N) is 1. The van der Waals surface area contributed by atoms with E-state index in [1.165, 1.54) is 31.4 Å². The van der Waals surface area contributed by atoms with E-state index >= 15 is 0 Å². The maximum Gasteiger partial charge on any atom is 0.269 e. The molecule has 0 radical (unpaired) electrons. The van der Waals surface area contributed by atoms with Crippen LogP contribution < -0.4 is 9.46 Å². The molecule has 0 aliphatic carbocycles. The number of non-ortho nitro benzene ring substituents is 1. The van der Waals surface area contributed by atoms with Crippen LogP contribution in [-0.4, -0.2) is 20.5 Å². The molecule has 0 aliphatic heterocycles. The van der Waals surface area contributed by atoms with Gasteiger partial charge in [0.1, 0.15) is 5.75 Å². The first kappa shape index (κ1) is 16.8. The maximum atomic E-state index is 12.3. The summed E-state index contributed by atoms with van der Waals surface area (Å²) in [5.74, 6) is 0.0319. The second kappa shape index (κ2) is 6.66. The standard InChI is InChI=1S/C15H16N2O5S/c1-11-6-7-15(22-2)14(8-11)16-23(20,21)10-12-4-3-5-13(9-12)17(18)19/h3-9,16H,10H2,1-2H3. The lowest BCUT2D eigenvalue weighted by atomic mass is 10.2. The molecule has 1 N–H and O–H groups in total. The van der Waals surface area contributed by atoms with E-state index in [2.05, 4.69) is 4.72 Å². The highest BCUT2D eigenvalue weighted by Crippen LogP contribution is 2.27. The highest BCUT2D eigenvalue weighted by Gasteiger charge is 2.16. The zero-order valence-electron chi connectivity index (χ0n) is 12.6. The minimum atomic E-state index is -3.73. The van der Waals surface area contributed by atoms with Crippen LogP contribution in [0.2, 0.25) is 0 Å². The average molecular weight is 336 g/mol. The largest absolute Gasteiger partial charge is 0.495 e. The molecule has 0 saturated carbocycles. The first-order valence-electron chi connectivity index (χ1n) is 6.69. The van der Waals surface area contributed by atoms with Gasteiger partial charge in [0.25, 0.3) is 5.69 Å². The van der Waals surface area contributed by atoms with E-state index in [1.807, 2.05) is 6.92 Å². The first-order valence-corrected chi connectivity index (χ1v) is 8.34. The summed E-state index contributed by atoms with van der Waals surface area (Å²) in [4.78, 5) is 10.2. The number of benzene rings is 2. The Balaban J connectivity index is 2.25. The van der Waals surface area contributed by atoms with Crippen molar-refractivity contribution in [3.05, 3.63) is 63.7 Å². The lowest BCUT2D eigenvalue weighted by Crippen LogP contribution is -2.15. The topological polar surface area (TPSA) is 98.5 Å². The molecule has 0 heterocycles. The van der Waals surface area contributed by atoms with Crippen LogP contribution in [0.5, 0.6) is 5.75 Å². The van der Waals surface area contributed by atoms with Gasteiger partial charge in [-0.15, -0.1) is 0 Å². The zero-order valence-corrected chi connectivity index (χ0v) is 13.5. The van der Waals surface area contributed by atoms with Crippen LogP contribution in [0.15, 0.2) is 42.5 Å². The number of hydrogen-bond acceptors (Lipinski definition) is 5. The molecule has 0 amide bonds. The molecule has 0 atom stereocenters.